The van der Waals surface area contributed by atoms with Gasteiger partial charge in [-0.25, -0.2) is 4.98 Å². The number of benzene rings is 1. The van der Waals surface area contributed by atoms with Crippen LogP contribution in [0.3, 0.4) is 0 Å². The minimum atomic E-state index is 0.633. The highest BCUT2D eigenvalue weighted by molar-refractivity contribution is 7.11. The van der Waals surface area contributed by atoms with Crippen molar-refractivity contribution in [1.29, 1.82) is 0 Å². The summed E-state index contributed by atoms with van der Waals surface area (Å²) in [5.74, 6) is 0.673. The molecule has 1 aromatic carbocycles. The molecule has 0 aliphatic rings. The van der Waals surface area contributed by atoms with E-state index in [1.807, 2.05) is 30.5 Å². The molecule has 0 spiro atoms. The van der Waals surface area contributed by atoms with Crippen molar-refractivity contribution in [3.05, 3.63) is 34.8 Å². The number of hydrogen-bond donors (Lipinski definition) is 1. The quantitative estimate of drug-likeness (QED) is 0.828. The van der Waals surface area contributed by atoms with Crippen LogP contribution in [0.25, 0.3) is 0 Å². The molecule has 3 nitrogen and oxygen atoms in total. The molecule has 0 fully saturated rings. The zero-order valence-corrected chi connectivity index (χ0v) is 10.2. The molecule has 0 aliphatic heterocycles. The fraction of sp³-hybridized carbons (Fsp3) is 0.250. The van der Waals surface area contributed by atoms with Gasteiger partial charge in [-0.2, -0.15) is 0 Å². The molecule has 4 heteroatoms. The van der Waals surface area contributed by atoms with Crippen molar-refractivity contribution in [2.75, 3.05) is 5.73 Å². The van der Waals surface area contributed by atoms with Gasteiger partial charge in [-0.15, -0.1) is 0 Å². The Kier molecular flexibility index (Phi) is 3.10. The molecule has 16 heavy (non-hydrogen) atoms. The second kappa shape index (κ2) is 4.53. The van der Waals surface area contributed by atoms with Crippen molar-refractivity contribution >= 4 is 17.0 Å². The van der Waals surface area contributed by atoms with Crippen molar-refractivity contribution < 1.29 is 4.74 Å². The number of nitrogens with zero attached hydrogens (tertiary/aromatic N) is 1. The molecule has 2 aromatic rings. The van der Waals surface area contributed by atoms with Crippen LogP contribution in [0.5, 0.6) is 10.9 Å². The normalized spacial score (nSPS) is 10.4. The summed E-state index contributed by atoms with van der Waals surface area (Å²) in [6, 6.07) is 5.85. The molecule has 0 saturated carbocycles. The van der Waals surface area contributed by atoms with Crippen LogP contribution in [-0.2, 0) is 6.42 Å². The lowest BCUT2D eigenvalue weighted by Crippen LogP contribution is -1.93. The Morgan fingerprint density at radius 3 is 2.81 bits per heavy atom. The third-order valence-electron chi connectivity index (χ3n) is 2.28. The number of anilines is 1. The van der Waals surface area contributed by atoms with Gasteiger partial charge in [0.15, 0.2) is 5.75 Å². The number of nitrogens with two attached hydrogens (primary N) is 1. The first-order chi connectivity index (χ1) is 7.69. The summed E-state index contributed by atoms with van der Waals surface area (Å²) in [6.07, 6.45) is 0.973. The molecule has 0 atom stereocenters. The maximum atomic E-state index is 5.90. The minimum absolute atomic E-state index is 0.633. The maximum absolute atomic E-state index is 5.90. The molecule has 2 N–H and O–H groups in total. The number of ether oxygens (including phenoxy) is 1. The monoisotopic (exact) mass is 234 g/mol. The van der Waals surface area contributed by atoms with E-state index >= 15 is 0 Å². The van der Waals surface area contributed by atoms with Crippen LogP contribution in [0.1, 0.15) is 18.2 Å². The van der Waals surface area contributed by atoms with Gasteiger partial charge < -0.3 is 10.5 Å². The lowest BCUT2D eigenvalue weighted by Gasteiger charge is -2.06. The van der Waals surface area contributed by atoms with Gasteiger partial charge in [-0.05, 0) is 31.0 Å². The third kappa shape index (κ3) is 2.33. The Morgan fingerprint density at radius 2 is 2.25 bits per heavy atom. The van der Waals surface area contributed by atoms with Gasteiger partial charge in [-0.1, -0.05) is 24.3 Å². The van der Waals surface area contributed by atoms with E-state index < -0.39 is 0 Å². The van der Waals surface area contributed by atoms with Crippen LogP contribution in [0.15, 0.2) is 23.6 Å². The molecule has 2 rings (SSSR count). The molecule has 0 radical (unpaired) electrons. The number of aryl methyl sites for hydroxylation is 2. The van der Waals surface area contributed by atoms with Crippen LogP contribution in [0, 0.1) is 6.92 Å². The summed E-state index contributed by atoms with van der Waals surface area (Å²) >= 11 is 1.47. The third-order valence-corrected chi connectivity index (χ3v) is 3.11. The van der Waals surface area contributed by atoms with E-state index in [4.69, 9.17) is 10.5 Å². The van der Waals surface area contributed by atoms with E-state index in [1.165, 1.54) is 16.9 Å². The van der Waals surface area contributed by atoms with Crippen LogP contribution < -0.4 is 10.5 Å². The SMILES string of the molecule is CCc1ccc(Oc2nc(C)cs2)c(N)c1. The Balaban J connectivity index is 2.21. The molecular formula is C12H14N2OS. The van der Waals surface area contributed by atoms with Crippen molar-refractivity contribution in [2.45, 2.75) is 20.3 Å². The molecular weight excluding hydrogens is 220 g/mol. The number of hydrogen-bond acceptors (Lipinski definition) is 4. The maximum Gasteiger partial charge on any atom is 0.278 e. The molecule has 0 unspecified atom stereocenters. The highest BCUT2D eigenvalue weighted by Crippen LogP contribution is 2.30. The standard InChI is InChI=1S/C12H14N2OS/c1-3-9-4-5-11(10(13)6-9)15-12-14-8(2)7-16-12/h4-7H,3,13H2,1-2H3. The van der Waals surface area contributed by atoms with Gasteiger partial charge in [0.1, 0.15) is 0 Å². The fourth-order valence-corrected chi connectivity index (χ4v) is 2.04. The highest BCUT2D eigenvalue weighted by atomic mass is 32.1. The zero-order chi connectivity index (χ0) is 11.5. The summed E-state index contributed by atoms with van der Waals surface area (Å²) in [7, 11) is 0. The first kappa shape index (κ1) is 11.0. The van der Waals surface area contributed by atoms with Crippen LogP contribution in [0.4, 0.5) is 5.69 Å². The minimum Gasteiger partial charge on any atom is -0.429 e. The summed E-state index contributed by atoms with van der Waals surface area (Å²) in [5, 5.41) is 2.58. The fourth-order valence-electron chi connectivity index (χ4n) is 1.38. The predicted molar refractivity (Wildman–Crippen MR) is 67.2 cm³/mol. The van der Waals surface area contributed by atoms with Crippen LogP contribution in [0.2, 0.25) is 0 Å². The predicted octanol–water partition coefficient (Wildman–Crippen LogP) is 3.39. The van der Waals surface area contributed by atoms with E-state index in [-0.39, 0.29) is 0 Å². The average molecular weight is 234 g/mol. The highest BCUT2D eigenvalue weighted by Gasteiger charge is 2.05. The van der Waals surface area contributed by atoms with Gasteiger partial charge in [0.05, 0.1) is 11.4 Å². The number of rotatable bonds is 3. The summed E-state index contributed by atoms with van der Waals surface area (Å²) in [5.41, 5.74) is 8.73. The Bertz CT molecular complexity index is 494. The first-order valence-electron chi connectivity index (χ1n) is 5.17. The van der Waals surface area contributed by atoms with E-state index in [0.717, 1.165) is 12.1 Å². The van der Waals surface area contributed by atoms with E-state index in [2.05, 4.69) is 11.9 Å². The van der Waals surface area contributed by atoms with E-state index in [9.17, 15) is 0 Å². The lowest BCUT2D eigenvalue weighted by atomic mass is 10.1. The van der Waals surface area contributed by atoms with Crippen LogP contribution in [-0.4, -0.2) is 4.98 Å². The first-order valence-corrected chi connectivity index (χ1v) is 6.05. The second-order valence-corrected chi connectivity index (χ2v) is 4.40. The number of nitrogen functional groups attached to an aromatic ring is 1. The number of aromatic nitrogens is 1. The smallest absolute Gasteiger partial charge is 0.278 e. The molecule has 1 heterocycles. The van der Waals surface area contributed by atoms with Gasteiger partial charge >= 0.3 is 0 Å². The van der Waals surface area contributed by atoms with Crippen LogP contribution >= 0.6 is 11.3 Å². The topological polar surface area (TPSA) is 48.1 Å². The van der Waals surface area contributed by atoms with Gasteiger partial charge in [-0.3, -0.25) is 0 Å². The Hall–Kier alpha value is -1.55. The lowest BCUT2D eigenvalue weighted by molar-refractivity contribution is 0.480. The average Bonchev–Trinajstić information content (AvgIpc) is 2.67. The second-order valence-electron chi connectivity index (χ2n) is 3.58. The molecule has 0 amide bonds. The van der Waals surface area contributed by atoms with Gasteiger partial charge in [0.25, 0.3) is 5.19 Å². The summed E-state index contributed by atoms with van der Waals surface area (Å²) in [4.78, 5) is 4.23. The molecule has 1 aromatic heterocycles. The van der Waals surface area contributed by atoms with Crippen molar-refractivity contribution in [2.24, 2.45) is 0 Å². The Labute approximate surface area is 98.9 Å². The zero-order valence-electron chi connectivity index (χ0n) is 9.36. The van der Waals surface area contributed by atoms with Gasteiger partial charge in [0.2, 0.25) is 0 Å². The van der Waals surface area contributed by atoms with Crippen molar-refractivity contribution in [1.82, 2.24) is 4.98 Å². The van der Waals surface area contributed by atoms with Crippen molar-refractivity contribution in [3.8, 4) is 10.9 Å². The van der Waals surface area contributed by atoms with E-state index in [0.29, 0.717) is 16.6 Å². The van der Waals surface area contributed by atoms with E-state index in [1.54, 1.807) is 0 Å². The summed E-state index contributed by atoms with van der Waals surface area (Å²) < 4.78 is 5.61. The Morgan fingerprint density at radius 1 is 1.44 bits per heavy atom. The molecule has 0 bridgehead atoms. The number of thiazole rings is 1. The van der Waals surface area contributed by atoms with Crippen molar-refractivity contribution in [3.63, 3.8) is 0 Å². The summed E-state index contributed by atoms with van der Waals surface area (Å²) in [6.45, 7) is 4.03. The largest absolute Gasteiger partial charge is 0.429 e. The molecule has 0 saturated heterocycles. The molecule has 0 aliphatic carbocycles. The molecule has 84 valence electrons. The van der Waals surface area contributed by atoms with Gasteiger partial charge in [0, 0.05) is 5.38 Å².